The molecule has 0 unspecified atom stereocenters. The molecule has 0 radical (unpaired) electrons. The van der Waals surface area contributed by atoms with Gasteiger partial charge in [-0.2, -0.15) is 0 Å². The number of aryl methyl sites for hydroxylation is 2. The minimum atomic E-state index is -6.02. The highest BCUT2D eigenvalue weighted by Crippen LogP contribution is 2.53. The van der Waals surface area contributed by atoms with Gasteiger partial charge in [-0.25, -0.2) is 4.98 Å². The maximum Gasteiger partial charge on any atom is 0.269 e. The van der Waals surface area contributed by atoms with Crippen LogP contribution in [0.3, 0.4) is 0 Å². The maximum atomic E-state index is 10.3. The third-order valence-electron chi connectivity index (χ3n) is 19.9. The van der Waals surface area contributed by atoms with Crippen LogP contribution in [0.2, 0.25) is 0 Å². The zero-order valence-corrected chi connectivity index (χ0v) is 56.2. The Balaban J connectivity index is 1.15. The normalized spacial score (nSPS) is 17.5. The number of aromatic nitrogens is 4. The fraction of sp³-hybridized carbons (Fsp3) is 0.200. The molecule has 0 bridgehead atoms. The third-order valence-corrected chi connectivity index (χ3v) is 24.1. The molecule has 0 saturated heterocycles. The van der Waals surface area contributed by atoms with Crippen molar-refractivity contribution in [2.45, 2.75) is 117 Å². The van der Waals surface area contributed by atoms with E-state index in [4.69, 9.17) is 13.8 Å². The third kappa shape index (κ3) is 9.84. The first-order valence-electron chi connectivity index (χ1n) is 43.0. The van der Waals surface area contributed by atoms with E-state index in [0.29, 0.717) is 44.9 Å². The van der Waals surface area contributed by atoms with E-state index in [9.17, 15) is 24.7 Å². The molecule has 96 heavy (non-hydrogen) atoms. The molecule has 4 heterocycles. The summed E-state index contributed by atoms with van der Waals surface area (Å²) in [5, 5.41) is -0.457. The molecule has 0 saturated carbocycles. The predicted molar refractivity (Wildman–Crippen MR) is 403 cm³/mol. The van der Waals surface area contributed by atoms with Crippen molar-refractivity contribution in [2.24, 2.45) is 0 Å². The molecule has 16 rings (SSSR count). The van der Waals surface area contributed by atoms with Crippen molar-refractivity contribution in [3.05, 3.63) is 294 Å². The highest BCUT2D eigenvalue weighted by molar-refractivity contribution is 7.20. The van der Waals surface area contributed by atoms with E-state index < -0.39 is 144 Å². The molecule has 472 valence electrons. The number of hydrogen-bond donors (Lipinski definition) is 0. The minimum absolute atomic E-state index is 0.0822. The van der Waals surface area contributed by atoms with E-state index in [2.05, 4.69) is 89.7 Å². The number of para-hydroxylation sites is 1. The Labute approximate surface area is 596 Å². The summed E-state index contributed by atoms with van der Waals surface area (Å²) in [5.41, 5.74) is 6.83. The molecular weight excluding hydrogens is 1180 g/mol. The van der Waals surface area contributed by atoms with Gasteiger partial charge >= 0.3 is 0 Å². The number of fused-ring (bicyclic) bond motifs is 11. The Morgan fingerprint density at radius 2 is 1.05 bits per heavy atom. The molecule has 0 fully saturated rings. The largest absolute Gasteiger partial charge is 0.458 e. The molecule has 0 atom stereocenters. The van der Waals surface area contributed by atoms with E-state index in [0.717, 1.165) is 51.3 Å². The molecule has 14 aromatic rings. The average Bonchev–Trinajstić information content (AvgIpc) is 1.35. The predicted octanol–water partition coefficient (Wildman–Crippen LogP) is 19.9. The lowest BCUT2D eigenvalue weighted by Crippen LogP contribution is -2.74. The van der Waals surface area contributed by atoms with Gasteiger partial charge in [-0.05, 0) is 201 Å². The first-order valence-corrected chi connectivity index (χ1v) is 34.5. The summed E-state index contributed by atoms with van der Waals surface area (Å²) >= 11 is 0. The standard InChI is InChI=1S/C90H82N4OSi/c1-58-28-26-29-59(2)84(58)77-49-61(88(6,7)8)48-75-74-56-79-78(89(9,10)45-46-90(79,11)12)55-73(74)69-38-22-23-39-70(69)76-53-68(96(65-32-16-13-17-33-65,66-34-18-14-19-35-66)67-36-20-15-21-37-67)54-82-86(76)93(85(75)77)57-92(82)62-30-27-31-63(51-62)95-64-42-43-72-71-40-24-25-41-80(71)94(81(72)52-64)83-50-60(44-47-91-83)87(3,4)5/h13-44,47-56H,45-46H2,1-12H3/i1D3,2D3,13D,14D,15D,16D,17D,18D,19D,20D,21D,32D,33D,34D,35D,36D,37D. The van der Waals surface area contributed by atoms with Crippen LogP contribution in [-0.4, -0.2) is 22.2 Å². The lowest BCUT2D eigenvalue weighted by molar-refractivity contribution is -0.570. The molecule has 11 aromatic carbocycles. The Kier molecular flexibility index (Phi) is 9.76. The molecule has 3 aromatic heterocycles. The Morgan fingerprint density at radius 1 is 0.490 bits per heavy atom. The minimum Gasteiger partial charge on any atom is -0.458 e. The number of rotatable bonds is 9. The van der Waals surface area contributed by atoms with Gasteiger partial charge in [-0.15, -0.1) is 0 Å². The zero-order chi connectivity index (χ0) is 84.3. The van der Waals surface area contributed by atoms with Crippen molar-refractivity contribution in [1.82, 2.24) is 14.1 Å². The van der Waals surface area contributed by atoms with Gasteiger partial charge in [-0.3, -0.25) is 13.7 Å². The molecule has 1 aliphatic heterocycles. The molecule has 0 amide bonds. The van der Waals surface area contributed by atoms with Crippen molar-refractivity contribution in [3.63, 3.8) is 0 Å². The van der Waals surface area contributed by atoms with Crippen molar-refractivity contribution >= 4 is 61.7 Å². The first-order chi connectivity index (χ1) is 54.8. The number of benzene rings is 11. The average molecular weight is 1280 g/mol. The number of hydrogen-bond acceptors (Lipinski definition) is 2. The van der Waals surface area contributed by atoms with Gasteiger partial charge in [0.25, 0.3) is 6.33 Å². The molecule has 5 nitrogen and oxygen atoms in total. The Bertz CT molecular complexity index is 6350. The number of ether oxygens (including phenoxy) is 1. The molecule has 1 aliphatic carbocycles. The van der Waals surface area contributed by atoms with Crippen LogP contribution in [0.15, 0.2) is 255 Å². The van der Waals surface area contributed by atoms with Gasteiger partial charge in [-0.1, -0.05) is 257 Å². The topological polar surface area (TPSA) is 35.9 Å². The van der Waals surface area contributed by atoms with Crippen molar-refractivity contribution in [1.29, 1.82) is 0 Å². The smallest absolute Gasteiger partial charge is 0.269 e. The van der Waals surface area contributed by atoms with Crippen LogP contribution in [0.5, 0.6) is 11.5 Å². The number of pyridine rings is 1. The van der Waals surface area contributed by atoms with Gasteiger partial charge in [0, 0.05) is 31.3 Å². The van der Waals surface area contributed by atoms with Crippen LogP contribution in [0.4, 0.5) is 0 Å². The summed E-state index contributed by atoms with van der Waals surface area (Å²) in [7, 11) is -6.02. The summed E-state index contributed by atoms with van der Waals surface area (Å²) < 4.78 is 216. The second kappa shape index (κ2) is 22.5. The van der Waals surface area contributed by atoms with Crippen LogP contribution in [0.1, 0.15) is 144 Å². The molecule has 0 spiro atoms. The number of imidazole rings is 1. The van der Waals surface area contributed by atoms with Gasteiger partial charge in [0.1, 0.15) is 17.3 Å². The summed E-state index contributed by atoms with van der Waals surface area (Å²) in [4.78, 5) is 4.92. The van der Waals surface area contributed by atoms with Crippen LogP contribution in [0, 0.1) is 20.0 Å². The lowest BCUT2D eigenvalue weighted by Gasteiger charge is -2.42. The van der Waals surface area contributed by atoms with E-state index in [-0.39, 0.29) is 66.6 Å². The molecule has 0 N–H and O–H groups in total. The SMILES string of the molecule is [2H]c1c([2H])c([2H])c([Si](c2cc3c4c(c2)n(-c2cccc(Oc5ccc6c7ccccc7n(-c7cc(C(C)(C)C)ccn7)c6c5)c2)[c-][n+]4-c2c(cc(C(C)(C)C)cc2-c2c(C([2H])([2H])[2H])cccc2C([2H])([2H])[2H])-c2cc4c(cc2-c2ccccc2-3)C(C)(C)CCC4(C)C)(c2c([2H])c([2H])c([2H])c([2H])c2[2H])c2c([2H])c([2H])c([2H])c([2H])c2[2H])c([2H])c1[2H]. The van der Waals surface area contributed by atoms with Crippen LogP contribution < -0.4 is 30.1 Å². The quantitative estimate of drug-likeness (QED) is 0.0625. The van der Waals surface area contributed by atoms with E-state index >= 15 is 0 Å². The van der Waals surface area contributed by atoms with Gasteiger partial charge in [0.15, 0.2) is 8.07 Å². The maximum absolute atomic E-state index is 10.3. The van der Waals surface area contributed by atoms with Gasteiger partial charge in [0.2, 0.25) is 0 Å². The van der Waals surface area contributed by atoms with Crippen molar-refractivity contribution in [3.8, 4) is 73.2 Å². The Hall–Kier alpha value is -10.1. The summed E-state index contributed by atoms with van der Waals surface area (Å²) in [6, 6.07) is 33.9. The van der Waals surface area contributed by atoms with Crippen LogP contribution in [0.25, 0.3) is 94.5 Å². The molecule has 6 heteroatoms. The van der Waals surface area contributed by atoms with E-state index in [1.807, 2.05) is 87.5 Å². The highest BCUT2D eigenvalue weighted by Gasteiger charge is 2.44. The van der Waals surface area contributed by atoms with Crippen molar-refractivity contribution in [2.75, 3.05) is 0 Å². The summed E-state index contributed by atoms with van der Waals surface area (Å²) in [6.07, 6.45) is 7.14. The fourth-order valence-electron chi connectivity index (χ4n) is 14.8. The summed E-state index contributed by atoms with van der Waals surface area (Å²) in [5.74, 6) is 1.35. The second-order valence-corrected chi connectivity index (χ2v) is 32.4. The van der Waals surface area contributed by atoms with Crippen molar-refractivity contribution < 1.29 is 38.1 Å². The van der Waals surface area contributed by atoms with Crippen LogP contribution >= 0.6 is 0 Å². The zero-order valence-electron chi connectivity index (χ0n) is 76.2. The van der Waals surface area contributed by atoms with Gasteiger partial charge in [0.05, 0.1) is 54.0 Å². The summed E-state index contributed by atoms with van der Waals surface area (Å²) in [6.45, 7) is 15.3. The second-order valence-electron chi connectivity index (χ2n) is 28.9. The first kappa shape index (κ1) is 41.6. The number of nitrogens with zero attached hydrogens (tertiary/aromatic N) is 4. The van der Waals surface area contributed by atoms with Gasteiger partial charge < -0.3 is 4.74 Å². The van der Waals surface area contributed by atoms with E-state index in [1.54, 1.807) is 51.7 Å². The fourth-order valence-corrected chi connectivity index (χ4v) is 18.6. The highest BCUT2D eigenvalue weighted by atomic mass is 28.3. The monoisotopic (exact) mass is 1280 g/mol. The molecule has 2 aliphatic rings. The van der Waals surface area contributed by atoms with Crippen LogP contribution in [-0.2, 0) is 21.7 Å². The van der Waals surface area contributed by atoms with E-state index in [1.165, 1.54) is 24.3 Å². The lowest BCUT2D eigenvalue weighted by atomic mass is 9.62. The Morgan fingerprint density at radius 3 is 1.68 bits per heavy atom. The molecular formula is C90H82N4OSi.